The molecule has 2 N–H and O–H groups in total. The van der Waals surface area contributed by atoms with Crippen LogP contribution in [0.4, 0.5) is 0 Å². The number of carbonyl (C=O) groups is 1. The van der Waals surface area contributed by atoms with Gasteiger partial charge in [0, 0.05) is 12.1 Å². The van der Waals surface area contributed by atoms with Gasteiger partial charge in [-0.3, -0.25) is 4.79 Å². The fourth-order valence-corrected chi connectivity index (χ4v) is 2.72. The van der Waals surface area contributed by atoms with Gasteiger partial charge in [0.25, 0.3) is 0 Å². The van der Waals surface area contributed by atoms with Crippen molar-refractivity contribution >= 4 is 5.78 Å². The molecule has 1 atom stereocenters. The average molecular weight is 340 g/mol. The Balaban J connectivity index is 1.94. The fraction of sp³-hybridized carbons (Fsp3) is 0.211. The highest BCUT2D eigenvalue weighted by atomic mass is 16.5. The van der Waals surface area contributed by atoms with Crippen LogP contribution in [0, 0.1) is 12.3 Å². The summed E-state index contributed by atoms with van der Waals surface area (Å²) in [7, 11) is 1.45. The van der Waals surface area contributed by atoms with Crippen LogP contribution < -0.4 is 14.2 Å². The summed E-state index contributed by atoms with van der Waals surface area (Å²) in [6, 6.07) is 7.63. The molecule has 0 aliphatic carbocycles. The molecule has 2 aromatic carbocycles. The second kappa shape index (κ2) is 6.65. The van der Waals surface area contributed by atoms with E-state index in [-0.39, 0.29) is 41.6 Å². The van der Waals surface area contributed by atoms with Crippen molar-refractivity contribution in [2.24, 2.45) is 0 Å². The Hall–Kier alpha value is -3.33. The smallest absolute Gasteiger partial charge is 0.174 e. The van der Waals surface area contributed by atoms with Gasteiger partial charge in [-0.05, 0) is 17.7 Å². The first-order chi connectivity index (χ1) is 12.0. The van der Waals surface area contributed by atoms with Crippen LogP contribution in [0.3, 0.4) is 0 Å². The molecule has 6 heteroatoms. The summed E-state index contributed by atoms with van der Waals surface area (Å²) in [5.74, 6) is 2.65. The molecule has 0 amide bonds. The molecule has 0 aromatic heterocycles. The lowest BCUT2D eigenvalue weighted by atomic mass is 9.95. The van der Waals surface area contributed by atoms with Crippen LogP contribution in [-0.2, 0) is 0 Å². The Labute approximate surface area is 144 Å². The number of ether oxygens (including phenoxy) is 3. The highest BCUT2D eigenvalue weighted by Crippen LogP contribution is 2.42. The van der Waals surface area contributed by atoms with Crippen LogP contribution in [0.15, 0.2) is 30.3 Å². The topological polar surface area (TPSA) is 85.2 Å². The quantitative estimate of drug-likeness (QED) is 0.833. The van der Waals surface area contributed by atoms with Crippen molar-refractivity contribution in [3.8, 4) is 41.1 Å². The number of terminal acetylenes is 1. The van der Waals surface area contributed by atoms with E-state index < -0.39 is 6.10 Å². The molecule has 6 nitrogen and oxygen atoms in total. The molecule has 0 fully saturated rings. The second-order valence-corrected chi connectivity index (χ2v) is 5.47. The van der Waals surface area contributed by atoms with Gasteiger partial charge in [-0.25, -0.2) is 0 Å². The maximum absolute atomic E-state index is 12.4. The van der Waals surface area contributed by atoms with E-state index in [4.69, 9.17) is 20.6 Å². The molecule has 0 radical (unpaired) electrons. The third kappa shape index (κ3) is 3.17. The third-order valence-electron chi connectivity index (χ3n) is 3.87. The molecule has 128 valence electrons. The number of aromatic hydroxyl groups is 2. The SMILES string of the molecule is C#CCOc1cc(O)c2c(c1)O[C@H](c1ccc(OC)c(O)c1)CC2=O. The zero-order valence-electron chi connectivity index (χ0n) is 13.5. The van der Waals surface area contributed by atoms with Gasteiger partial charge >= 0.3 is 0 Å². The summed E-state index contributed by atoms with van der Waals surface area (Å²) in [5, 5.41) is 20.0. The van der Waals surface area contributed by atoms with E-state index >= 15 is 0 Å². The van der Waals surface area contributed by atoms with Crippen LogP contribution in [0.5, 0.6) is 28.7 Å². The Morgan fingerprint density at radius 1 is 1.28 bits per heavy atom. The summed E-state index contributed by atoms with van der Waals surface area (Å²) in [4.78, 5) is 12.4. The molecule has 0 saturated carbocycles. The lowest BCUT2D eigenvalue weighted by Gasteiger charge is -2.26. The summed E-state index contributed by atoms with van der Waals surface area (Å²) in [6.45, 7) is 0.0297. The van der Waals surface area contributed by atoms with E-state index in [1.165, 1.54) is 25.3 Å². The van der Waals surface area contributed by atoms with Crippen LogP contribution in [0.25, 0.3) is 0 Å². The first kappa shape index (κ1) is 16.5. The number of Topliss-reactive ketones (excluding diaryl/α,β-unsaturated/α-hetero) is 1. The molecule has 0 bridgehead atoms. The fourth-order valence-electron chi connectivity index (χ4n) is 2.72. The van der Waals surface area contributed by atoms with E-state index in [9.17, 15) is 15.0 Å². The van der Waals surface area contributed by atoms with Crippen LogP contribution in [0.2, 0.25) is 0 Å². The lowest BCUT2D eigenvalue weighted by molar-refractivity contribution is 0.0844. The Kier molecular flexibility index (Phi) is 4.40. The number of rotatable bonds is 4. The second-order valence-electron chi connectivity index (χ2n) is 5.47. The van der Waals surface area contributed by atoms with Crippen molar-refractivity contribution in [1.82, 2.24) is 0 Å². The minimum Gasteiger partial charge on any atom is -0.507 e. The number of ketones is 1. The highest BCUT2D eigenvalue weighted by molar-refractivity contribution is 6.02. The molecule has 1 heterocycles. The molecule has 25 heavy (non-hydrogen) atoms. The number of fused-ring (bicyclic) bond motifs is 1. The lowest BCUT2D eigenvalue weighted by Crippen LogP contribution is -2.20. The van der Waals surface area contributed by atoms with Gasteiger partial charge in [0.1, 0.15) is 35.5 Å². The van der Waals surface area contributed by atoms with Gasteiger partial charge in [0.2, 0.25) is 0 Å². The van der Waals surface area contributed by atoms with E-state index in [1.807, 2.05) is 0 Å². The number of benzene rings is 2. The zero-order chi connectivity index (χ0) is 18.0. The van der Waals surface area contributed by atoms with Gasteiger partial charge in [-0.1, -0.05) is 12.0 Å². The van der Waals surface area contributed by atoms with Gasteiger partial charge in [-0.15, -0.1) is 6.42 Å². The molecule has 2 aromatic rings. The molecule has 0 unspecified atom stereocenters. The Bertz CT molecular complexity index is 865. The predicted octanol–water partition coefficient (Wildman–Crippen LogP) is 2.82. The molecule has 0 spiro atoms. The van der Waals surface area contributed by atoms with Crippen molar-refractivity contribution in [3.63, 3.8) is 0 Å². The van der Waals surface area contributed by atoms with Crippen LogP contribution in [0.1, 0.15) is 28.4 Å². The molecular weight excluding hydrogens is 324 g/mol. The summed E-state index contributed by atoms with van der Waals surface area (Å²) in [6.07, 6.45) is 4.59. The molecule has 1 aliphatic heterocycles. The molecular formula is C19H16O6. The van der Waals surface area contributed by atoms with Gasteiger partial charge in [0.15, 0.2) is 17.3 Å². The van der Waals surface area contributed by atoms with Crippen molar-refractivity contribution in [1.29, 1.82) is 0 Å². The van der Waals surface area contributed by atoms with Crippen molar-refractivity contribution in [3.05, 3.63) is 41.5 Å². The standard InChI is InChI=1S/C19H16O6/c1-3-6-24-12-8-14(21)19-15(22)10-17(25-18(19)9-12)11-4-5-16(23-2)13(20)7-11/h1,4-5,7-9,17,20-21H,6,10H2,2H3/t17-/m0/s1. The predicted molar refractivity (Wildman–Crippen MR) is 89.4 cm³/mol. The van der Waals surface area contributed by atoms with Gasteiger partial charge < -0.3 is 24.4 Å². The van der Waals surface area contributed by atoms with Gasteiger partial charge in [-0.2, -0.15) is 0 Å². The van der Waals surface area contributed by atoms with E-state index in [2.05, 4.69) is 5.92 Å². The van der Waals surface area contributed by atoms with Gasteiger partial charge in [0.05, 0.1) is 13.5 Å². The summed E-state index contributed by atoms with van der Waals surface area (Å²) >= 11 is 0. The zero-order valence-corrected chi connectivity index (χ0v) is 13.5. The number of hydrogen-bond acceptors (Lipinski definition) is 6. The molecule has 1 aliphatic rings. The number of hydrogen-bond donors (Lipinski definition) is 2. The normalized spacial score (nSPS) is 15.7. The first-order valence-corrected chi connectivity index (χ1v) is 7.53. The highest BCUT2D eigenvalue weighted by Gasteiger charge is 2.31. The first-order valence-electron chi connectivity index (χ1n) is 7.53. The number of phenolic OH excluding ortho intramolecular Hbond substituents is 2. The van der Waals surface area contributed by atoms with E-state index in [1.54, 1.807) is 12.1 Å². The average Bonchev–Trinajstić information content (AvgIpc) is 2.59. The number of phenols is 2. The van der Waals surface area contributed by atoms with Crippen molar-refractivity contribution in [2.75, 3.05) is 13.7 Å². The van der Waals surface area contributed by atoms with Crippen molar-refractivity contribution < 1.29 is 29.2 Å². The van der Waals surface area contributed by atoms with Crippen LogP contribution >= 0.6 is 0 Å². The summed E-state index contributed by atoms with van der Waals surface area (Å²) in [5.41, 5.74) is 0.730. The van der Waals surface area contributed by atoms with Crippen LogP contribution in [-0.4, -0.2) is 29.7 Å². The third-order valence-corrected chi connectivity index (χ3v) is 3.87. The Morgan fingerprint density at radius 3 is 2.76 bits per heavy atom. The Morgan fingerprint density at radius 2 is 2.08 bits per heavy atom. The molecule has 3 rings (SSSR count). The number of methoxy groups -OCH3 is 1. The van der Waals surface area contributed by atoms with Crippen molar-refractivity contribution in [2.45, 2.75) is 12.5 Å². The maximum atomic E-state index is 12.4. The monoisotopic (exact) mass is 340 g/mol. The van der Waals surface area contributed by atoms with E-state index in [0.29, 0.717) is 17.1 Å². The van der Waals surface area contributed by atoms with E-state index in [0.717, 1.165) is 0 Å². The largest absolute Gasteiger partial charge is 0.507 e. The number of carbonyl (C=O) groups excluding carboxylic acids is 1. The minimum absolute atomic E-state index is 0.0297. The maximum Gasteiger partial charge on any atom is 0.174 e. The molecule has 0 saturated heterocycles. The minimum atomic E-state index is -0.598. The summed E-state index contributed by atoms with van der Waals surface area (Å²) < 4.78 is 16.1.